The van der Waals surface area contributed by atoms with Gasteiger partial charge in [0, 0.05) is 12.6 Å². The van der Waals surface area contributed by atoms with Crippen LogP contribution in [0.15, 0.2) is 0 Å². The second-order valence-electron chi connectivity index (χ2n) is 6.37. The van der Waals surface area contributed by atoms with E-state index in [0.29, 0.717) is 11.5 Å². The molecule has 0 saturated heterocycles. The van der Waals surface area contributed by atoms with E-state index >= 15 is 0 Å². The van der Waals surface area contributed by atoms with Crippen molar-refractivity contribution in [3.05, 3.63) is 0 Å². The van der Waals surface area contributed by atoms with Crippen LogP contribution < -0.4 is 5.32 Å². The van der Waals surface area contributed by atoms with Crippen molar-refractivity contribution in [2.45, 2.75) is 59.9 Å². The molecule has 102 valence electrons. The maximum Gasteiger partial charge on any atom is 0.0166 e. The van der Waals surface area contributed by atoms with Crippen LogP contribution in [0.2, 0.25) is 0 Å². The fourth-order valence-electron chi connectivity index (χ4n) is 3.05. The molecule has 2 unspecified atom stereocenters. The normalized spacial score (nSPS) is 25.4. The standard InChI is InChI=1S/C15H32N2/c1-6-17(7-2)12-13(3)16-11-14-9-8-10-15(14,4)5/h13-14,16H,6-12H2,1-5H3. The summed E-state index contributed by atoms with van der Waals surface area (Å²) in [5.74, 6) is 0.877. The Labute approximate surface area is 108 Å². The van der Waals surface area contributed by atoms with Crippen LogP contribution in [0.3, 0.4) is 0 Å². The number of rotatable bonds is 7. The van der Waals surface area contributed by atoms with E-state index in [1.54, 1.807) is 0 Å². The van der Waals surface area contributed by atoms with Crippen molar-refractivity contribution >= 4 is 0 Å². The molecule has 2 nitrogen and oxygen atoms in total. The summed E-state index contributed by atoms with van der Waals surface area (Å²) >= 11 is 0. The molecule has 0 aliphatic heterocycles. The summed E-state index contributed by atoms with van der Waals surface area (Å²) in [5.41, 5.74) is 0.557. The number of likely N-dealkylation sites (N-methyl/N-ethyl adjacent to an activating group) is 1. The minimum absolute atomic E-state index is 0.557. The maximum absolute atomic E-state index is 3.74. The van der Waals surface area contributed by atoms with Crippen molar-refractivity contribution in [2.24, 2.45) is 11.3 Å². The average Bonchev–Trinajstić information content (AvgIpc) is 2.62. The first kappa shape index (κ1) is 15.0. The molecule has 2 heteroatoms. The van der Waals surface area contributed by atoms with Gasteiger partial charge >= 0.3 is 0 Å². The molecule has 1 aliphatic rings. The molecule has 2 atom stereocenters. The predicted molar refractivity (Wildman–Crippen MR) is 76.4 cm³/mol. The third kappa shape index (κ3) is 4.59. The summed E-state index contributed by atoms with van der Waals surface area (Å²) in [4.78, 5) is 2.50. The van der Waals surface area contributed by atoms with Crippen molar-refractivity contribution in [3.8, 4) is 0 Å². The zero-order valence-corrected chi connectivity index (χ0v) is 12.6. The highest BCUT2D eigenvalue weighted by Crippen LogP contribution is 2.42. The SMILES string of the molecule is CCN(CC)CC(C)NCC1CCCC1(C)C. The highest BCUT2D eigenvalue weighted by atomic mass is 15.1. The van der Waals surface area contributed by atoms with Crippen LogP contribution in [0.4, 0.5) is 0 Å². The van der Waals surface area contributed by atoms with Gasteiger partial charge in [0.05, 0.1) is 0 Å². The molecular formula is C15H32N2. The van der Waals surface area contributed by atoms with E-state index in [1.165, 1.54) is 32.4 Å². The summed E-state index contributed by atoms with van der Waals surface area (Å²) in [5, 5.41) is 3.74. The van der Waals surface area contributed by atoms with Crippen LogP contribution in [0, 0.1) is 11.3 Å². The zero-order chi connectivity index (χ0) is 12.9. The molecule has 0 bridgehead atoms. The van der Waals surface area contributed by atoms with Crippen LogP contribution in [0.1, 0.15) is 53.9 Å². The maximum atomic E-state index is 3.74. The summed E-state index contributed by atoms with van der Waals surface area (Å²) in [6.07, 6.45) is 4.24. The summed E-state index contributed by atoms with van der Waals surface area (Å²) in [6, 6.07) is 0.617. The molecule has 1 fully saturated rings. The van der Waals surface area contributed by atoms with Crippen molar-refractivity contribution in [1.29, 1.82) is 0 Å². The van der Waals surface area contributed by atoms with Gasteiger partial charge in [-0.2, -0.15) is 0 Å². The molecule has 0 amide bonds. The van der Waals surface area contributed by atoms with E-state index in [0.717, 1.165) is 19.0 Å². The largest absolute Gasteiger partial charge is 0.313 e. The summed E-state index contributed by atoms with van der Waals surface area (Å²) in [7, 11) is 0. The fourth-order valence-corrected chi connectivity index (χ4v) is 3.05. The van der Waals surface area contributed by atoms with Gasteiger partial charge in [-0.1, -0.05) is 34.1 Å². The first-order chi connectivity index (χ1) is 7.99. The topological polar surface area (TPSA) is 15.3 Å². The monoisotopic (exact) mass is 240 g/mol. The van der Waals surface area contributed by atoms with Crippen LogP contribution >= 0.6 is 0 Å². The van der Waals surface area contributed by atoms with E-state index in [1.807, 2.05) is 0 Å². The molecule has 1 rings (SSSR count). The van der Waals surface area contributed by atoms with Crippen molar-refractivity contribution in [2.75, 3.05) is 26.2 Å². The van der Waals surface area contributed by atoms with Gasteiger partial charge in [-0.05, 0) is 50.7 Å². The quantitative estimate of drug-likeness (QED) is 0.735. The highest BCUT2D eigenvalue weighted by molar-refractivity contribution is 4.86. The average molecular weight is 240 g/mol. The van der Waals surface area contributed by atoms with Gasteiger partial charge in [0.25, 0.3) is 0 Å². The van der Waals surface area contributed by atoms with Crippen molar-refractivity contribution in [3.63, 3.8) is 0 Å². The molecule has 0 aromatic rings. The summed E-state index contributed by atoms with van der Waals surface area (Å²) in [6.45, 7) is 16.4. The Kier molecular flexibility index (Phi) is 5.94. The van der Waals surface area contributed by atoms with E-state index in [9.17, 15) is 0 Å². The van der Waals surface area contributed by atoms with Gasteiger partial charge in [-0.15, -0.1) is 0 Å². The van der Waals surface area contributed by atoms with Crippen LogP contribution in [-0.4, -0.2) is 37.1 Å². The predicted octanol–water partition coefficient (Wildman–Crippen LogP) is 3.13. The Morgan fingerprint density at radius 1 is 1.29 bits per heavy atom. The Balaban J connectivity index is 2.25. The van der Waals surface area contributed by atoms with Crippen LogP contribution in [0.25, 0.3) is 0 Å². The third-order valence-electron chi connectivity index (χ3n) is 4.62. The molecule has 1 saturated carbocycles. The molecule has 0 aromatic carbocycles. The summed E-state index contributed by atoms with van der Waals surface area (Å²) < 4.78 is 0. The smallest absolute Gasteiger partial charge is 0.0166 e. The number of nitrogens with one attached hydrogen (secondary N) is 1. The number of hydrogen-bond acceptors (Lipinski definition) is 2. The van der Waals surface area contributed by atoms with E-state index < -0.39 is 0 Å². The lowest BCUT2D eigenvalue weighted by atomic mass is 9.82. The minimum Gasteiger partial charge on any atom is -0.313 e. The number of hydrogen-bond donors (Lipinski definition) is 1. The minimum atomic E-state index is 0.557. The first-order valence-corrected chi connectivity index (χ1v) is 7.45. The number of nitrogens with zero attached hydrogens (tertiary/aromatic N) is 1. The lowest BCUT2D eigenvalue weighted by Crippen LogP contribution is -2.42. The Morgan fingerprint density at radius 3 is 2.41 bits per heavy atom. The van der Waals surface area contributed by atoms with Gasteiger partial charge in [0.1, 0.15) is 0 Å². The van der Waals surface area contributed by atoms with E-state index in [4.69, 9.17) is 0 Å². The fraction of sp³-hybridized carbons (Fsp3) is 1.00. The highest BCUT2D eigenvalue weighted by Gasteiger charge is 2.34. The first-order valence-electron chi connectivity index (χ1n) is 7.45. The van der Waals surface area contributed by atoms with Gasteiger partial charge in [-0.25, -0.2) is 0 Å². The van der Waals surface area contributed by atoms with E-state index in [-0.39, 0.29) is 0 Å². The van der Waals surface area contributed by atoms with Crippen LogP contribution in [0.5, 0.6) is 0 Å². The molecule has 0 radical (unpaired) electrons. The Bertz CT molecular complexity index is 209. The molecule has 0 spiro atoms. The second kappa shape index (κ2) is 6.75. The second-order valence-corrected chi connectivity index (χ2v) is 6.37. The van der Waals surface area contributed by atoms with Gasteiger partial charge in [0.15, 0.2) is 0 Å². The molecule has 1 N–H and O–H groups in total. The molecule has 0 heterocycles. The third-order valence-corrected chi connectivity index (χ3v) is 4.62. The molecule has 17 heavy (non-hydrogen) atoms. The van der Waals surface area contributed by atoms with Crippen LogP contribution in [-0.2, 0) is 0 Å². The molecular weight excluding hydrogens is 208 g/mol. The van der Waals surface area contributed by atoms with Crippen molar-refractivity contribution < 1.29 is 0 Å². The Hall–Kier alpha value is -0.0800. The van der Waals surface area contributed by atoms with Crippen molar-refractivity contribution in [1.82, 2.24) is 10.2 Å². The van der Waals surface area contributed by atoms with E-state index in [2.05, 4.69) is 44.8 Å². The van der Waals surface area contributed by atoms with Gasteiger partial charge in [-0.3, -0.25) is 0 Å². The Morgan fingerprint density at radius 2 is 1.94 bits per heavy atom. The lowest BCUT2D eigenvalue weighted by Gasteiger charge is -2.30. The van der Waals surface area contributed by atoms with Gasteiger partial charge < -0.3 is 10.2 Å². The van der Waals surface area contributed by atoms with Gasteiger partial charge in [0.2, 0.25) is 0 Å². The zero-order valence-electron chi connectivity index (χ0n) is 12.6. The molecule has 0 aromatic heterocycles. The molecule has 1 aliphatic carbocycles. The lowest BCUT2D eigenvalue weighted by molar-refractivity contribution is 0.226.